The Morgan fingerprint density at radius 3 is 2.83 bits per heavy atom. The highest BCUT2D eigenvalue weighted by Crippen LogP contribution is 2.20. The number of rotatable bonds is 0. The van der Waals surface area contributed by atoms with Crippen LogP contribution in [-0.4, -0.2) is 29.6 Å². The second-order valence-electron chi connectivity index (χ2n) is 3.27. The fraction of sp³-hybridized carbons (Fsp3) is 0.714. The maximum absolute atomic E-state index is 11.0. The van der Waals surface area contributed by atoms with Crippen molar-refractivity contribution in [2.45, 2.75) is 18.4 Å². The van der Waals surface area contributed by atoms with Gasteiger partial charge in [0.2, 0.25) is 0 Å². The number of nitrogens with one attached hydrogen (secondary N) is 3. The highest BCUT2D eigenvalue weighted by Gasteiger charge is 2.43. The van der Waals surface area contributed by atoms with Gasteiger partial charge in [-0.15, -0.1) is 0 Å². The summed E-state index contributed by atoms with van der Waals surface area (Å²) in [5.41, 5.74) is -0.287. The Labute approximate surface area is 76.1 Å². The van der Waals surface area contributed by atoms with Crippen LogP contribution in [0.2, 0.25) is 0 Å². The van der Waals surface area contributed by atoms with Gasteiger partial charge >= 0.3 is 6.03 Å². The first-order chi connectivity index (χ1) is 5.73. The average Bonchev–Trinajstić information content (AvgIpc) is 2.29. The molecule has 0 aliphatic carbocycles. The maximum Gasteiger partial charge on any atom is 0.320 e. The maximum atomic E-state index is 11.0. The van der Waals surface area contributed by atoms with E-state index in [1.807, 2.05) is 0 Å². The molecule has 0 radical (unpaired) electrons. The third-order valence-electron chi connectivity index (χ3n) is 2.40. The molecule has 0 aromatic heterocycles. The zero-order valence-electron chi connectivity index (χ0n) is 6.64. The molecule has 3 N–H and O–H groups in total. The summed E-state index contributed by atoms with van der Waals surface area (Å²) in [6.45, 7) is 1.77. The minimum atomic E-state index is -0.287. The number of thiocarbonyl (C=S) groups is 1. The summed E-state index contributed by atoms with van der Waals surface area (Å²) in [5, 5.41) is 8.71. The number of hydrogen-bond acceptors (Lipinski definition) is 3. The van der Waals surface area contributed by atoms with Crippen LogP contribution in [0.1, 0.15) is 12.8 Å². The van der Waals surface area contributed by atoms with Crippen molar-refractivity contribution in [1.29, 1.82) is 0 Å². The van der Waals surface area contributed by atoms with Crippen LogP contribution in [-0.2, 0) is 0 Å². The van der Waals surface area contributed by atoms with E-state index >= 15 is 0 Å². The molecular weight excluding hydrogens is 174 g/mol. The summed E-state index contributed by atoms with van der Waals surface area (Å²) >= 11 is 5.09. The predicted molar refractivity (Wildman–Crippen MR) is 49.1 cm³/mol. The van der Waals surface area contributed by atoms with Gasteiger partial charge in [0.05, 0.1) is 0 Å². The average molecular weight is 185 g/mol. The quantitative estimate of drug-likeness (QED) is 0.456. The van der Waals surface area contributed by atoms with Crippen molar-refractivity contribution in [1.82, 2.24) is 16.0 Å². The summed E-state index contributed by atoms with van der Waals surface area (Å²) in [4.78, 5) is 11.6. The number of carbonyl (C=O) groups is 1. The first-order valence-corrected chi connectivity index (χ1v) is 4.48. The van der Waals surface area contributed by atoms with Crippen molar-refractivity contribution in [3.63, 3.8) is 0 Å². The van der Waals surface area contributed by atoms with Gasteiger partial charge in [-0.3, -0.25) is 0 Å². The highest BCUT2D eigenvalue weighted by molar-refractivity contribution is 7.80. The molecule has 2 heterocycles. The fourth-order valence-electron chi connectivity index (χ4n) is 1.73. The summed E-state index contributed by atoms with van der Waals surface area (Å²) in [6.07, 6.45) is 2.00. The minimum absolute atomic E-state index is 0.163. The second-order valence-corrected chi connectivity index (χ2v) is 3.68. The number of amides is 2. The van der Waals surface area contributed by atoms with Gasteiger partial charge in [0.1, 0.15) is 10.5 Å². The smallest absolute Gasteiger partial charge is 0.320 e. The summed E-state index contributed by atoms with van der Waals surface area (Å²) in [6, 6.07) is -0.163. The van der Waals surface area contributed by atoms with Crippen molar-refractivity contribution in [2.24, 2.45) is 0 Å². The number of carbonyl (C=O) groups excluding carboxylic acids is 1. The van der Waals surface area contributed by atoms with Crippen molar-refractivity contribution in [2.75, 3.05) is 13.1 Å². The fourth-order valence-corrected chi connectivity index (χ4v) is 2.05. The monoisotopic (exact) mass is 185 g/mol. The molecule has 12 heavy (non-hydrogen) atoms. The molecule has 0 aromatic rings. The Kier molecular flexibility index (Phi) is 1.77. The van der Waals surface area contributed by atoms with Gasteiger partial charge in [0.15, 0.2) is 0 Å². The van der Waals surface area contributed by atoms with E-state index in [-0.39, 0.29) is 11.6 Å². The molecule has 1 spiro atoms. The van der Waals surface area contributed by atoms with E-state index in [1.54, 1.807) is 0 Å². The van der Waals surface area contributed by atoms with E-state index in [9.17, 15) is 4.79 Å². The lowest BCUT2D eigenvalue weighted by atomic mass is 9.91. The molecule has 2 aliphatic heterocycles. The molecule has 0 bridgehead atoms. The van der Waals surface area contributed by atoms with Crippen LogP contribution >= 0.6 is 12.2 Å². The number of urea groups is 1. The largest absolute Gasteiger partial charge is 0.325 e. The molecule has 1 atom stereocenters. The lowest BCUT2D eigenvalue weighted by Gasteiger charge is -2.32. The molecule has 2 rings (SSSR count). The van der Waals surface area contributed by atoms with E-state index in [0.29, 0.717) is 4.99 Å². The van der Waals surface area contributed by atoms with Crippen molar-refractivity contribution in [3.05, 3.63) is 0 Å². The molecule has 0 saturated carbocycles. The zero-order valence-corrected chi connectivity index (χ0v) is 7.46. The Hall–Kier alpha value is -0.680. The van der Waals surface area contributed by atoms with Gasteiger partial charge < -0.3 is 16.0 Å². The van der Waals surface area contributed by atoms with E-state index in [4.69, 9.17) is 12.2 Å². The van der Waals surface area contributed by atoms with Crippen molar-refractivity contribution < 1.29 is 4.79 Å². The topological polar surface area (TPSA) is 53.2 Å². The van der Waals surface area contributed by atoms with Gasteiger partial charge in [-0.05, 0) is 19.4 Å². The van der Waals surface area contributed by atoms with Crippen LogP contribution in [0.5, 0.6) is 0 Å². The number of hydrogen-bond donors (Lipinski definition) is 3. The van der Waals surface area contributed by atoms with E-state index < -0.39 is 0 Å². The van der Waals surface area contributed by atoms with Crippen LogP contribution in [0.25, 0.3) is 0 Å². The molecule has 2 fully saturated rings. The molecule has 1 unspecified atom stereocenters. The van der Waals surface area contributed by atoms with E-state index in [0.717, 1.165) is 25.9 Å². The molecule has 4 nitrogen and oxygen atoms in total. The minimum Gasteiger partial charge on any atom is -0.325 e. The molecule has 66 valence electrons. The van der Waals surface area contributed by atoms with Gasteiger partial charge in [0.25, 0.3) is 0 Å². The van der Waals surface area contributed by atoms with Crippen LogP contribution in [0.4, 0.5) is 4.79 Å². The van der Waals surface area contributed by atoms with Gasteiger partial charge in [-0.25, -0.2) is 4.79 Å². The van der Waals surface area contributed by atoms with Crippen LogP contribution in [0.15, 0.2) is 0 Å². The second kappa shape index (κ2) is 2.67. The lowest BCUT2D eigenvalue weighted by Crippen LogP contribution is -2.56. The molecule has 0 aromatic carbocycles. The highest BCUT2D eigenvalue weighted by atomic mass is 32.1. The zero-order chi connectivity index (χ0) is 8.60. The van der Waals surface area contributed by atoms with Gasteiger partial charge in [-0.2, -0.15) is 0 Å². The molecular formula is C7H11N3OS. The van der Waals surface area contributed by atoms with E-state index in [1.165, 1.54) is 0 Å². The van der Waals surface area contributed by atoms with Crippen LogP contribution < -0.4 is 16.0 Å². The normalized spacial score (nSPS) is 35.0. The Morgan fingerprint density at radius 1 is 1.50 bits per heavy atom. The van der Waals surface area contributed by atoms with Gasteiger partial charge in [0, 0.05) is 6.54 Å². The third kappa shape index (κ3) is 1.09. The van der Waals surface area contributed by atoms with E-state index in [2.05, 4.69) is 16.0 Å². The Balaban J connectivity index is 2.18. The molecule has 2 amide bonds. The molecule has 2 aliphatic rings. The summed E-state index contributed by atoms with van der Waals surface area (Å²) in [5.74, 6) is 0. The lowest BCUT2D eigenvalue weighted by molar-refractivity contribution is 0.240. The summed E-state index contributed by atoms with van der Waals surface area (Å²) in [7, 11) is 0. The Bertz CT molecular complexity index is 235. The third-order valence-corrected chi connectivity index (χ3v) is 2.89. The number of piperidine rings is 1. The van der Waals surface area contributed by atoms with Gasteiger partial charge in [-0.1, -0.05) is 12.2 Å². The van der Waals surface area contributed by atoms with Crippen LogP contribution in [0.3, 0.4) is 0 Å². The molecule has 5 heteroatoms. The molecule has 2 saturated heterocycles. The van der Waals surface area contributed by atoms with Crippen molar-refractivity contribution in [3.8, 4) is 0 Å². The van der Waals surface area contributed by atoms with Crippen LogP contribution in [0, 0.1) is 0 Å². The first-order valence-electron chi connectivity index (χ1n) is 4.07. The summed E-state index contributed by atoms with van der Waals surface area (Å²) < 4.78 is 0. The van der Waals surface area contributed by atoms with Crippen molar-refractivity contribution >= 4 is 23.2 Å². The Morgan fingerprint density at radius 2 is 2.33 bits per heavy atom. The predicted octanol–water partition coefficient (Wildman–Crippen LogP) is -0.251. The SMILES string of the molecule is O=C1NC(=S)C2(CCCNC2)N1. The first kappa shape index (κ1) is 7.94. The standard InChI is InChI=1S/C7H11N3OS/c11-6-9-5(12)7(10-6)2-1-3-8-4-7/h8H,1-4H2,(H2,9,10,11,12).